The van der Waals surface area contributed by atoms with Crippen LogP contribution in [0.15, 0.2) is 34.8 Å². The molecule has 7 heteroatoms. The van der Waals surface area contributed by atoms with Crippen LogP contribution < -0.4 is 11.3 Å². The van der Waals surface area contributed by atoms with E-state index in [4.69, 9.17) is 29.0 Å². The number of hydrogen-bond donors (Lipinski definition) is 2. The molecule has 0 radical (unpaired) electrons. The molecule has 0 aliphatic heterocycles. The highest BCUT2D eigenvalue weighted by Gasteiger charge is 2.22. The smallest absolute Gasteiger partial charge is 0.132 e. The fourth-order valence-corrected chi connectivity index (χ4v) is 3.02. The average Bonchev–Trinajstić information content (AvgIpc) is 2.39. The first-order valence-electron chi connectivity index (χ1n) is 5.97. The maximum atomic E-state index is 14.0. The van der Waals surface area contributed by atoms with Crippen molar-refractivity contribution in [3.05, 3.63) is 67.6 Å². The van der Waals surface area contributed by atoms with Crippen LogP contribution in [0.4, 0.5) is 8.78 Å². The van der Waals surface area contributed by atoms with Gasteiger partial charge < -0.3 is 0 Å². The Labute approximate surface area is 139 Å². The summed E-state index contributed by atoms with van der Waals surface area (Å²) in [6.07, 6.45) is 0.157. The zero-order chi connectivity index (χ0) is 15.6. The molecule has 21 heavy (non-hydrogen) atoms. The van der Waals surface area contributed by atoms with Gasteiger partial charge in [0.25, 0.3) is 0 Å². The molecule has 0 fully saturated rings. The van der Waals surface area contributed by atoms with Crippen LogP contribution in [-0.4, -0.2) is 0 Å². The average molecular weight is 396 g/mol. The van der Waals surface area contributed by atoms with E-state index < -0.39 is 17.7 Å². The highest BCUT2D eigenvalue weighted by molar-refractivity contribution is 9.10. The first kappa shape index (κ1) is 16.6. The fraction of sp³-hybridized carbons (Fsp3) is 0.143. The van der Waals surface area contributed by atoms with Crippen LogP contribution in [0.1, 0.15) is 17.2 Å². The lowest BCUT2D eigenvalue weighted by molar-refractivity contribution is 0.472. The van der Waals surface area contributed by atoms with E-state index in [1.54, 1.807) is 18.2 Å². The Bertz CT molecular complexity index is 624. The van der Waals surface area contributed by atoms with Crippen molar-refractivity contribution in [2.75, 3.05) is 0 Å². The number of halogens is 5. The van der Waals surface area contributed by atoms with E-state index in [1.165, 1.54) is 12.1 Å². The molecule has 0 saturated carbocycles. The van der Waals surface area contributed by atoms with Crippen molar-refractivity contribution in [2.24, 2.45) is 5.84 Å². The summed E-state index contributed by atoms with van der Waals surface area (Å²) >= 11 is 15.2. The van der Waals surface area contributed by atoms with Crippen molar-refractivity contribution in [2.45, 2.75) is 12.5 Å². The quantitative estimate of drug-likeness (QED) is 0.577. The van der Waals surface area contributed by atoms with Gasteiger partial charge in [-0.05, 0) is 36.2 Å². The molecule has 1 atom stereocenters. The summed E-state index contributed by atoms with van der Waals surface area (Å²) in [7, 11) is 0. The van der Waals surface area contributed by atoms with Crippen LogP contribution in [0.2, 0.25) is 10.0 Å². The maximum Gasteiger partial charge on any atom is 0.132 e. The maximum absolute atomic E-state index is 14.0. The zero-order valence-corrected chi connectivity index (χ0v) is 13.7. The Hall–Kier alpha value is -0.720. The predicted molar refractivity (Wildman–Crippen MR) is 84.3 cm³/mol. The molecule has 3 N–H and O–H groups in total. The van der Waals surface area contributed by atoms with E-state index >= 15 is 0 Å². The van der Waals surface area contributed by atoms with Gasteiger partial charge in [0, 0.05) is 20.1 Å². The molecule has 0 bridgehead atoms. The number of benzene rings is 2. The van der Waals surface area contributed by atoms with Gasteiger partial charge in [0.05, 0.1) is 6.04 Å². The van der Waals surface area contributed by atoms with Crippen molar-refractivity contribution in [3.8, 4) is 0 Å². The first-order chi connectivity index (χ1) is 9.93. The third-order valence-corrected chi connectivity index (χ3v) is 4.23. The fourth-order valence-electron chi connectivity index (χ4n) is 2.06. The molecule has 2 aromatic rings. The summed E-state index contributed by atoms with van der Waals surface area (Å²) in [5.41, 5.74) is 2.83. The Kier molecular flexibility index (Phi) is 5.57. The second-order valence-electron chi connectivity index (χ2n) is 4.41. The molecule has 0 aliphatic rings. The normalized spacial score (nSPS) is 12.5. The van der Waals surface area contributed by atoms with Gasteiger partial charge >= 0.3 is 0 Å². The van der Waals surface area contributed by atoms with Crippen LogP contribution in [-0.2, 0) is 6.42 Å². The molecule has 0 heterocycles. The molecule has 0 amide bonds. The molecule has 0 saturated heterocycles. The van der Waals surface area contributed by atoms with Crippen LogP contribution in [0.5, 0.6) is 0 Å². The summed E-state index contributed by atoms with van der Waals surface area (Å²) in [5.74, 6) is 4.05. The van der Waals surface area contributed by atoms with Gasteiger partial charge in [0.15, 0.2) is 0 Å². The second kappa shape index (κ2) is 7.03. The molecular weight excluding hydrogens is 385 g/mol. The van der Waals surface area contributed by atoms with Crippen LogP contribution in [0.3, 0.4) is 0 Å². The zero-order valence-electron chi connectivity index (χ0n) is 10.6. The summed E-state index contributed by atoms with van der Waals surface area (Å²) < 4.78 is 28.4. The third-order valence-electron chi connectivity index (χ3n) is 3.06. The van der Waals surface area contributed by atoms with Crippen molar-refractivity contribution in [1.29, 1.82) is 0 Å². The van der Waals surface area contributed by atoms with Crippen molar-refractivity contribution < 1.29 is 8.78 Å². The van der Waals surface area contributed by atoms with Gasteiger partial charge in [0.2, 0.25) is 0 Å². The Morgan fingerprint density at radius 3 is 2.14 bits per heavy atom. The van der Waals surface area contributed by atoms with Crippen LogP contribution in [0, 0.1) is 11.6 Å². The lowest BCUT2D eigenvalue weighted by Gasteiger charge is -2.19. The lowest BCUT2D eigenvalue weighted by Crippen LogP contribution is -2.31. The first-order valence-corrected chi connectivity index (χ1v) is 7.52. The van der Waals surface area contributed by atoms with E-state index in [-0.39, 0.29) is 12.0 Å². The molecule has 112 valence electrons. The molecule has 2 nitrogen and oxygen atoms in total. The topological polar surface area (TPSA) is 38.0 Å². The standard InChI is InChI=1S/C14H11BrCl2F2N2/c15-7-4-11(18)14(12(19)5-7)13(21-20)6-8-9(16)2-1-3-10(8)17/h1-5,13,21H,6,20H2. The van der Waals surface area contributed by atoms with Gasteiger partial charge in [-0.3, -0.25) is 11.3 Å². The molecule has 1 unspecified atom stereocenters. The SMILES string of the molecule is NNC(Cc1c(Cl)cccc1Cl)c1c(F)cc(Br)cc1F. The van der Waals surface area contributed by atoms with Gasteiger partial charge in [-0.15, -0.1) is 0 Å². The molecule has 2 rings (SSSR count). The number of hydrazine groups is 1. The lowest BCUT2D eigenvalue weighted by atomic mass is 9.98. The number of nitrogens with two attached hydrogens (primary N) is 1. The molecule has 0 aromatic heterocycles. The Morgan fingerprint density at radius 1 is 1.14 bits per heavy atom. The Balaban J connectivity index is 2.42. The summed E-state index contributed by atoms with van der Waals surface area (Å²) in [6, 6.07) is 6.57. The highest BCUT2D eigenvalue weighted by atomic mass is 79.9. The van der Waals surface area contributed by atoms with E-state index in [1.807, 2.05) is 0 Å². The van der Waals surface area contributed by atoms with Crippen LogP contribution >= 0.6 is 39.1 Å². The summed E-state index contributed by atoms with van der Waals surface area (Å²) in [5, 5.41) is 0.835. The van der Waals surface area contributed by atoms with Gasteiger partial charge in [-0.1, -0.05) is 45.2 Å². The largest absolute Gasteiger partial charge is 0.271 e. The molecule has 0 aliphatic carbocycles. The molecular formula is C14H11BrCl2F2N2. The Morgan fingerprint density at radius 2 is 1.67 bits per heavy atom. The summed E-state index contributed by atoms with van der Waals surface area (Å²) in [6.45, 7) is 0. The molecule has 0 spiro atoms. The van der Waals surface area contributed by atoms with Gasteiger partial charge in [-0.25, -0.2) is 8.78 Å². The van der Waals surface area contributed by atoms with Crippen LogP contribution in [0.25, 0.3) is 0 Å². The third kappa shape index (κ3) is 3.73. The van der Waals surface area contributed by atoms with E-state index in [9.17, 15) is 8.78 Å². The van der Waals surface area contributed by atoms with Gasteiger partial charge in [0.1, 0.15) is 11.6 Å². The van der Waals surface area contributed by atoms with E-state index in [2.05, 4.69) is 21.4 Å². The highest BCUT2D eigenvalue weighted by Crippen LogP contribution is 2.32. The van der Waals surface area contributed by atoms with E-state index in [0.717, 1.165) is 0 Å². The minimum absolute atomic E-state index is 0.156. The van der Waals surface area contributed by atoms with Gasteiger partial charge in [-0.2, -0.15) is 0 Å². The number of hydrogen-bond acceptors (Lipinski definition) is 2. The summed E-state index contributed by atoms with van der Waals surface area (Å²) in [4.78, 5) is 0. The molecule has 2 aromatic carbocycles. The predicted octanol–water partition coefficient (Wildman–Crippen LogP) is 4.78. The number of nitrogens with one attached hydrogen (secondary N) is 1. The van der Waals surface area contributed by atoms with Crippen molar-refractivity contribution in [3.63, 3.8) is 0 Å². The van der Waals surface area contributed by atoms with E-state index in [0.29, 0.717) is 20.1 Å². The second-order valence-corrected chi connectivity index (χ2v) is 6.14. The number of rotatable bonds is 4. The minimum Gasteiger partial charge on any atom is -0.271 e. The monoisotopic (exact) mass is 394 g/mol. The van der Waals surface area contributed by atoms with Crippen molar-refractivity contribution >= 4 is 39.1 Å². The van der Waals surface area contributed by atoms with Crippen molar-refractivity contribution in [1.82, 2.24) is 5.43 Å². The minimum atomic E-state index is -0.796.